The Morgan fingerprint density at radius 1 is 0.800 bits per heavy atom. The van der Waals surface area contributed by atoms with E-state index in [-0.39, 0.29) is 11.9 Å². The SMILES string of the molecule is COC(=O)c1cc(Br)c(C)c(Br)c1.COC/C=C/c1cc(C(=O)OC)cc(Br)c1C. The van der Waals surface area contributed by atoms with E-state index in [2.05, 4.69) is 52.5 Å². The molecule has 0 atom stereocenters. The van der Waals surface area contributed by atoms with E-state index >= 15 is 0 Å². The zero-order valence-electron chi connectivity index (χ0n) is 17.3. The molecule has 30 heavy (non-hydrogen) atoms. The number of esters is 2. The second kappa shape index (κ2) is 13.0. The Morgan fingerprint density at radius 2 is 1.23 bits per heavy atom. The molecule has 0 aliphatic rings. The van der Waals surface area contributed by atoms with Crippen LogP contribution in [0.5, 0.6) is 0 Å². The Bertz CT molecular complexity index is 916. The van der Waals surface area contributed by atoms with E-state index in [9.17, 15) is 9.59 Å². The van der Waals surface area contributed by atoms with Gasteiger partial charge in [-0.05, 0) is 54.8 Å². The van der Waals surface area contributed by atoms with E-state index in [1.807, 2.05) is 26.0 Å². The lowest BCUT2D eigenvalue weighted by Gasteiger charge is -2.07. The van der Waals surface area contributed by atoms with Crippen molar-refractivity contribution in [3.63, 3.8) is 0 Å². The summed E-state index contributed by atoms with van der Waals surface area (Å²) in [5, 5.41) is 0. The molecular formula is C22H23Br3O5. The molecule has 0 bridgehead atoms. The van der Waals surface area contributed by atoms with Gasteiger partial charge in [-0.3, -0.25) is 0 Å². The fraction of sp³-hybridized carbons (Fsp3) is 0.273. The molecule has 162 valence electrons. The number of hydrogen-bond acceptors (Lipinski definition) is 5. The normalized spacial score (nSPS) is 10.4. The molecule has 0 spiro atoms. The highest BCUT2D eigenvalue weighted by molar-refractivity contribution is 9.11. The minimum atomic E-state index is -0.341. The van der Waals surface area contributed by atoms with Gasteiger partial charge >= 0.3 is 11.9 Å². The van der Waals surface area contributed by atoms with E-state index in [0.29, 0.717) is 17.7 Å². The van der Waals surface area contributed by atoms with Gasteiger partial charge < -0.3 is 14.2 Å². The highest BCUT2D eigenvalue weighted by Crippen LogP contribution is 2.26. The third-order valence-corrected chi connectivity index (χ3v) is 6.54. The Hall–Kier alpha value is -1.48. The van der Waals surface area contributed by atoms with Crippen molar-refractivity contribution >= 4 is 65.8 Å². The molecule has 0 fully saturated rings. The third-order valence-electron chi connectivity index (χ3n) is 4.07. The van der Waals surface area contributed by atoms with Crippen molar-refractivity contribution in [3.8, 4) is 0 Å². The maximum Gasteiger partial charge on any atom is 0.337 e. The zero-order valence-corrected chi connectivity index (χ0v) is 22.1. The largest absolute Gasteiger partial charge is 0.465 e. The first kappa shape index (κ1) is 26.6. The smallest absolute Gasteiger partial charge is 0.337 e. The summed E-state index contributed by atoms with van der Waals surface area (Å²) in [6.07, 6.45) is 3.83. The first-order chi connectivity index (χ1) is 14.2. The van der Waals surface area contributed by atoms with Crippen LogP contribution in [0.2, 0.25) is 0 Å². The lowest BCUT2D eigenvalue weighted by Crippen LogP contribution is -2.02. The number of benzene rings is 2. The van der Waals surface area contributed by atoms with E-state index in [1.54, 1.807) is 31.4 Å². The first-order valence-corrected chi connectivity index (χ1v) is 11.1. The van der Waals surface area contributed by atoms with Gasteiger partial charge in [0.15, 0.2) is 0 Å². The van der Waals surface area contributed by atoms with Gasteiger partial charge in [0, 0.05) is 20.5 Å². The molecule has 0 heterocycles. The molecule has 8 heteroatoms. The van der Waals surface area contributed by atoms with Crippen LogP contribution in [0.4, 0.5) is 0 Å². The molecule has 0 saturated carbocycles. The van der Waals surface area contributed by atoms with Crippen LogP contribution < -0.4 is 0 Å². The second-order valence-electron chi connectivity index (χ2n) is 6.08. The average Bonchev–Trinajstić information content (AvgIpc) is 2.73. The van der Waals surface area contributed by atoms with Crippen molar-refractivity contribution in [3.05, 3.63) is 71.6 Å². The standard InChI is InChI=1S/C13H15BrO3.C9H8Br2O2/c1-9-10(5-4-6-16-2)7-11(8-12(9)14)13(15)17-3;1-5-7(10)3-6(4-8(5)11)9(12)13-2/h4-5,7-8H,6H2,1-3H3;3-4H,1-2H3/b5-4+;. The number of ether oxygens (including phenoxy) is 3. The maximum atomic E-state index is 11.5. The predicted octanol–water partition coefficient (Wildman–Crippen LogP) is 6.51. The van der Waals surface area contributed by atoms with Crippen LogP contribution in [-0.4, -0.2) is 39.9 Å². The molecule has 0 amide bonds. The van der Waals surface area contributed by atoms with Crippen molar-refractivity contribution in [1.82, 2.24) is 0 Å². The molecule has 0 saturated heterocycles. The second-order valence-corrected chi connectivity index (χ2v) is 8.64. The lowest BCUT2D eigenvalue weighted by atomic mass is 10.0. The summed E-state index contributed by atoms with van der Waals surface area (Å²) in [6.45, 7) is 4.48. The molecule has 0 unspecified atom stereocenters. The number of carbonyl (C=O) groups excluding carboxylic acids is 2. The summed E-state index contributed by atoms with van der Waals surface area (Å²) in [5.41, 5.74) is 4.17. The van der Waals surface area contributed by atoms with Crippen molar-refractivity contribution < 1.29 is 23.8 Å². The monoisotopic (exact) mass is 604 g/mol. The van der Waals surface area contributed by atoms with Crippen LogP contribution in [0, 0.1) is 13.8 Å². The van der Waals surface area contributed by atoms with Gasteiger partial charge in [0.2, 0.25) is 0 Å². The molecule has 2 aromatic rings. The van der Waals surface area contributed by atoms with Crippen LogP contribution in [0.1, 0.15) is 37.4 Å². The minimum Gasteiger partial charge on any atom is -0.465 e. The highest BCUT2D eigenvalue weighted by Gasteiger charge is 2.10. The van der Waals surface area contributed by atoms with E-state index < -0.39 is 0 Å². The quantitative estimate of drug-likeness (QED) is 0.363. The number of rotatable bonds is 5. The van der Waals surface area contributed by atoms with E-state index in [1.165, 1.54) is 14.2 Å². The van der Waals surface area contributed by atoms with Crippen molar-refractivity contribution in [2.75, 3.05) is 27.9 Å². The third kappa shape index (κ3) is 7.65. The molecule has 2 rings (SSSR count). The lowest BCUT2D eigenvalue weighted by molar-refractivity contribution is 0.0591. The molecule has 0 aliphatic heterocycles. The summed E-state index contributed by atoms with van der Waals surface area (Å²) in [4.78, 5) is 22.6. The summed E-state index contributed by atoms with van der Waals surface area (Å²) in [5.74, 6) is -0.673. The Balaban J connectivity index is 0.000000311. The minimum absolute atomic E-state index is 0.332. The molecule has 5 nitrogen and oxygen atoms in total. The Morgan fingerprint density at radius 3 is 1.67 bits per heavy atom. The Labute approximate surface area is 202 Å². The topological polar surface area (TPSA) is 61.8 Å². The molecule has 0 aliphatic carbocycles. The number of halogens is 3. The van der Waals surface area contributed by atoms with Gasteiger partial charge in [-0.2, -0.15) is 0 Å². The van der Waals surface area contributed by atoms with Gasteiger partial charge in [0.25, 0.3) is 0 Å². The highest BCUT2D eigenvalue weighted by atomic mass is 79.9. The number of hydrogen-bond donors (Lipinski definition) is 0. The van der Waals surface area contributed by atoms with Gasteiger partial charge in [-0.15, -0.1) is 0 Å². The molecule has 0 N–H and O–H groups in total. The average molecular weight is 607 g/mol. The summed E-state index contributed by atoms with van der Waals surface area (Å²) in [7, 11) is 4.37. The van der Waals surface area contributed by atoms with Crippen LogP contribution in [0.3, 0.4) is 0 Å². The first-order valence-electron chi connectivity index (χ1n) is 8.74. The van der Waals surface area contributed by atoms with Gasteiger partial charge in [-0.1, -0.05) is 59.9 Å². The fourth-order valence-electron chi connectivity index (χ4n) is 2.26. The number of carbonyl (C=O) groups is 2. The Kier molecular flexibility index (Phi) is 11.5. The van der Waals surface area contributed by atoms with Crippen LogP contribution >= 0.6 is 47.8 Å². The summed E-state index contributed by atoms with van der Waals surface area (Å²) in [6, 6.07) is 7.05. The van der Waals surface area contributed by atoms with Crippen molar-refractivity contribution in [2.24, 2.45) is 0 Å². The summed E-state index contributed by atoms with van der Waals surface area (Å²) < 4.78 is 16.9. The van der Waals surface area contributed by atoms with E-state index in [4.69, 9.17) is 9.47 Å². The van der Waals surface area contributed by atoms with Crippen molar-refractivity contribution in [2.45, 2.75) is 13.8 Å². The van der Waals surface area contributed by atoms with Crippen LogP contribution in [0.25, 0.3) is 6.08 Å². The van der Waals surface area contributed by atoms with Gasteiger partial charge in [0.05, 0.1) is 32.0 Å². The van der Waals surface area contributed by atoms with Gasteiger partial charge in [-0.25, -0.2) is 9.59 Å². The van der Waals surface area contributed by atoms with Crippen LogP contribution in [0.15, 0.2) is 43.8 Å². The molecule has 0 radical (unpaired) electrons. The van der Waals surface area contributed by atoms with Crippen LogP contribution in [-0.2, 0) is 14.2 Å². The van der Waals surface area contributed by atoms with Gasteiger partial charge in [0.1, 0.15) is 0 Å². The predicted molar refractivity (Wildman–Crippen MR) is 129 cm³/mol. The maximum absolute atomic E-state index is 11.5. The molecule has 2 aromatic carbocycles. The fourth-order valence-corrected chi connectivity index (χ4v) is 3.92. The molecule has 0 aromatic heterocycles. The molecular weight excluding hydrogens is 584 g/mol. The summed E-state index contributed by atoms with van der Waals surface area (Å²) >= 11 is 10.1. The number of methoxy groups -OCH3 is 3. The van der Waals surface area contributed by atoms with E-state index in [0.717, 1.165) is 30.1 Å². The van der Waals surface area contributed by atoms with Crippen molar-refractivity contribution in [1.29, 1.82) is 0 Å². The zero-order chi connectivity index (χ0) is 22.8.